The molecular weight excluding hydrogens is 510 g/mol. The van der Waals surface area contributed by atoms with Gasteiger partial charge in [0.1, 0.15) is 5.82 Å². The van der Waals surface area contributed by atoms with Gasteiger partial charge in [-0.15, -0.1) is 0 Å². The van der Waals surface area contributed by atoms with Crippen molar-refractivity contribution < 1.29 is 14.3 Å². The Bertz CT molecular complexity index is 1410. The molecule has 1 aliphatic rings. The molecule has 1 amide bonds. The summed E-state index contributed by atoms with van der Waals surface area (Å²) in [6.07, 6.45) is 0.786. The first kappa shape index (κ1) is 26.6. The predicted octanol–water partition coefficient (Wildman–Crippen LogP) is 4.74. The summed E-state index contributed by atoms with van der Waals surface area (Å²) in [5, 5.41) is 5.03. The van der Waals surface area contributed by atoms with E-state index in [1.165, 1.54) is 17.4 Å². The van der Waals surface area contributed by atoms with E-state index in [2.05, 4.69) is 22.3 Å². The van der Waals surface area contributed by atoms with Crippen molar-refractivity contribution in [3.8, 4) is 11.5 Å². The fourth-order valence-electron chi connectivity index (χ4n) is 4.69. The second kappa shape index (κ2) is 12.7. The first-order chi connectivity index (χ1) is 19.1. The topological polar surface area (TPSA) is 79.8 Å². The lowest BCUT2D eigenvalue weighted by Crippen LogP contribution is -2.49. The van der Waals surface area contributed by atoms with Gasteiger partial charge in [0, 0.05) is 43.8 Å². The number of rotatable bonds is 10. The number of thioether (sulfide) groups is 1. The molecule has 1 aromatic heterocycles. The molecular formula is C30H33N5O3S. The number of anilines is 2. The van der Waals surface area contributed by atoms with Crippen molar-refractivity contribution in [2.45, 2.75) is 11.6 Å². The fourth-order valence-corrected chi connectivity index (χ4v) is 5.44. The van der Waals surface area contributed by atoms with Crippen molar-refractivity contribution in [3.63, 3.8) is 0 Å². The molecule has 0 bridgehead atoms. The van der Waals surface area contributed by atoms with E-state index in [0.717, 1.165) is 54.9 Å². The van der Waals surface area contributed by atoms with Crippen LogP contribution in [0.25, 0.3) is 10.9 Å². The molecule has 1 N–H and O–H groups in total. The van der Waals surface area contributed by atoms with Gasteiger partial charge in [-0.25, -0.2) is 9.97 Å². The second-order valence-electron chi connectivity index (χ2n) is 9.23. The molecule has 0 radical (unpaired) electrons. The third kappa shape index (κ3) is 6.54. The van der Waals surface area contributed by atoms with Gasteiger partial charge >= 0.3 is 0 Å². The Balaban J connectivity index is 1.19. The Morgan fingerprint density at radius 1 is 0.897 bits per heavy atom. The van der Waals surface area contributed by atoms with Gasteiger partial charge in [-0.2, -0.15) is 0 Å². The van der Waals surface area contributed by atoms with Crippen LogP contribution in [-0.2, 0) is 11.2 Å². The summed E-state index contributed by atoms with van der Waals surface area (Å²) < 4.78 is 10.8. The summed E-state index contributed by atoms with van der Waals surface area (Å²) in [4.78, 5) is 26.7. The molecule has 4 aromatic rings. The Morgan fingerprint density at radius 3 is 2.41 bits per heavy atom. The van der Waals surface area contributed by atoms with Crippen molar-refractivity contribution >= 4 is 40.1 Å². The molecule has 2 heterocycles. The van der Waals surface area contributed by atoms with Crippen LogP contribution >= 0.6 is 11.8 Å². The Hall–Kier alpha value is -3.98. The second-order valence-corrected chi connectivity index (χ2v) is 10.2. The highest BCUT2D eigenvalue weighted by atomic mass is 32.2. The molecule has 5 rings (SSSR count). The number of benzene rings is 3. The smallest absolute Gasteiger partial charge is 0.233 e. The number of para-hydroxylation sites is 2. The van der Waals surface area contributed by atoms with Crippen LogP contribution in [0.1, 0.15) is 5.56 Å². The van der Waals surface area contributed by atoms with E-state index in [1.807, 2.05) is 65.6 Å². The molecule has 3 aromatic carbocycles. The Kier molecular flexibility index (Phi) is 8.68. The molecule has 1 saturated heterocycles. The van der Waals surface area contributed by atoms with E-state index in [4.69, 9.17) is 19.4 Å². The number of aromatic nitrogens is 2. The molecule has 8 nitrogen and oxygen atoms in total. The molecule has 39 heavy (non-hydrogen) atoms. The highest BCUT2D eigenvalue weighted by molar-refractivity contribution is 7.99. The number of fused-ring (bicyclic) bond motifs is 1. The van der Waals surface area contributed by atoms with E-state index in [-0.39, 0.29) is 5.91 Å². The zero-order chi connectivity index (χ0) is 27.0. The van der Waals surface area contributed by atoms with Crippen LogP contribution in [0.2, 0.25) is 0 Å². The zero-order valence-electron chi connectivity index (χ0n) is 22.3. The van der Waals surface area contributed by atoms with Gasteiger partial charge in [-0.05, 0) is 48.4 Å². The summed E-state index contributed by atoms with van der Waals surface area (Å²) >= 11 is 1.39. The molecule has 1 aliphatic heterocycles. The molecule has 0 atom stereocenters. The number of methoxy groups -OCH3 is 2. The number of ether oxygens (including phenoxy) is 2. The van der Waals surface area contributed by atoms with Crippen molar-refractivity contribution in [1.29, 1.82) is 0 Å². The van der Waals surface area contributed by atoms with Gasteiger partial charge in [-0.3, -0.25) is 4.79 Å². The highest BCUT2D eigenvalue weighted by Gasteiger charge is 2.22. The molecule has 1 fully saturated rings. The predicted molar refractivity (Wildman–Crippen MR) is 157 cm³/mol. The minimum Gasteiger partial charge on any atom is -0.493 e. The number of piperazine rings is 1. The van der Waals surface area contributed by atoms with Gasteiger partial charge in [0.05, 0.1) is 25.5 Å². The minimum absolute atomic E-state index is 0.118. The van der Waals surface area contributed by atoms with Crippen molar-refractivity contribution in [2.75, 3.05) is 62.9 Å². The highest BCUT2D eigenvalue weighted by Crippen LogP contribution is 2.28. The number of amides is 1. The summed E-state index contributed by atoms with van der Waals surface area (Å²) in [6, 6.07) is 24.2. The first-order valence-corrected chi connectivity index (χ1v) is 14.1. The third-order valence-corrected chi connectivity index (χ3v) is 7.65. The maximum absolute atomic E-state index is 13.0. The van der Waals surface area contributed by atoms with E-state index in [0.29, 0.717) is 29.0 Å². The average molecular weight is 544 g/mol. The van der Waals surface area contributed by atoms with Crippen LogP contribution in [0.15, 0.2) is 78.0 Å². The van der Waals surface area contributed by atoms with E-state index in [9.17, 15) is 4.79 Å². The summed E-state index contributed by atoms with van der Waals surface area (Å²) in [6.45, 7) is 3.79. The molecule has 0 aliphatic carbocycles. The van der Waals surface area contributed by atoms with Gasteiger partial charge < -0.3 is 24.6 Å². The number of carbonyl (C=O) groups excluding carboxylic acids is 1. The summed E-state index contributed by atoms with van der Waals surface area (Å²) in [5.74, 6) is 2.63. The minimum atomic E-state index is 0.118. The van der Waals surface area contributed by atoms with E-state index in [1.54, 1.807) is 14.2 Å². The molecule has 0 unspecified atom stereocenters. The normalized spacial score (nSPS) is 13.4. The molecule has 202 valence electrons. The summed E-state index contributed by atoms with van der Waals surface area (Å²) in [7, 11) is 3.27. The van der Waals surface area contributed by atoms with E-state index < -0.39 is 0 Å². The third-order valence-electron chi connectivity index (χ3n) is 6.82. The van der Waals surface area contributed by atoms with Gasteiger partial charge in [0.25, 0.3) is 0 Å². The molecule has 9 heteroatoms. The SMILES string of the molecule is COc1ccc(CCNc2nc(SCC(=O)N3CCN(c4ccccc4)CC3)nc3ccccc23)cc1OC. The quantitative estimate of drug-likeness (QED) is 0.227. The average Bonchev–Trinajstić information content (AvgIpc) is 3.00. The van der Waals surface area contributed by atoms with Crippen molar-refractivity contribution in [3.05, 3.63) is 78.4 Å². The first-order valence-electron chi connectivity index (χ1n) is 13.1. The summed E-state index contributed by atoms with van der Waals surface area (Å²) in [5.41, 5.74) is 3.19. The number of nitrogens with zero attached hydrogens (tertiary/aromatic N) is 4. The van der Waals surface area contributed by atoms with E-state index >= 15 is 0 Å². The zero-order valence-corrected chi connectivity index (χ0v) is 23.1. The van der Waals surface area contributed by atoms with Crippen LogP contribution < -0.4 is 19.7 Å². The maximum atomic E-state index is 13.0. The lowest BCUT2D eigenvalue weighted by Gasteiger charge is -2.36. The lowest BCUT2D eigenvalue weighted by atomic mass is 10.1. The number of carbonyl (C=O) groups is 1. The standard InChI is InChI=1S/C30H33N5O3S/c1-37-26-13-12-22(20-27(26)38-2)14-15-31-29-24-10-6-7-11-25(24)32-30(33-29)39-21-28(36)35-18-16-34(17-19-35)23-8-4-3-5-9-23/h3-13,20H,14-19,21H2,1-2H3,(H,31,32,33). The van der Waals surface area contributed by atoms with Gasteiger partial charge in [0.15, 0.2) is 16.7 Å². The largest absolute Gasteiger partial charge is 0.493 e. The van der Waals surface area contributed by atoms with Crippen LogP contribution in [0.5, 0.6) is 11.5 Å². The van der Waals surface area contributed by atoms with Crippen molar-refractivity contribution in [1.82, 2.24) is 14.9 Å². The van der Waals surface area contributed by atoms with Crippen LogP contribution in [0, 0.1) is 0 Å². The molecule has 0 saturated carbocycles. The Morgan fingerprint density at radius 2 is 1.64 bits per heavy atom. The monoisotopic (exact) mass is 543 g/mol. The number of nitrogens with one attached hydrogen (secondary N) is 1. The van der Waals surface area contributed by atoms with Crippen molar-refractivity contribution in [2.24, 2.45) is 0 Å². The van der Waals surface area contributed by atoms with Crippen LogP contribution in [0.3, 0.4) is 0 Å². The number of hydrogen-bond acceptors (Lipinski definition) is 8. The maximum Gasteiger partial charge on any atom is 0.233 e. The number of hydrogen-bond donors (Lipinski definition) is 1. The van der Waals surface area contributed by atoms with Gasteiger partial charge in [-0.1, -0.05) is 48.2 Å². The fraction of sp³-hybridized carbons (Fsp3) is 0.300. The Labute approximate surface area is 233 Å². The van der Waals surface area contributed by atoms with Crippen LogP contribution in [-0.4, -0.2) is 73.5 Å². The van der Waals surface area contributed by atoms with Gasteiger partial charge in [0.2, 0.25) is 5.91 Å². The van der Waals surface area contributed by atoms with Crippen LogP contribution in [0.4, 0.5) is 11.5 Å². The lowest BCUT2D eigenvalue weighted by molar-refractivity contribution is -0.128. The molecule has 0 spiro atoms.